The maximum absolute atomic E-state index is 6.35. The molecule has 6 heteroatoms. The summed E-state index contributed by atoms with van der Waals surface area (Å²) in [4.78, 5) is 5.75. The van der Waals surface area contributed by atoms with Gasteiger partial charge in [0, 0.05) is 18.3 Å². The molecule has 1 aromatic carbocycles. The van der Waals surface area contributed by atoms with E-state index in [9.17, 15) is 0 Å². The van der Waals surface area contributed by atoms with Crippen LogP contribution < -0.4 is 11.3 Å². The maximum atomic E-state index is 6.35. The lowest BCUT2D eigenvalue weighted by atomic mass is 10.1. The molecule has 0 radical (unpaired) electrons. The number of halogens is 1. The van der Waals surface area contributed by atoms with E-state index < -0.39 is 0 Å². The summed E-state index contributed by atoms with van der Waals surface area (Å²) in [5.41, 5.74) is 6.07. The van der Waals surface area contributed by atoms with Crippen molar-refractivity contribution in [2.45, 2.75) is 19.4 Å². The monoisotopic (exact) mass is 320 g/mol. The lowest BCUT2D eigenvalue weighted by Gasteiger charge is -2.15. The average molecular weight is 321 g/mol. The van der Waals surface area contributed by atoms with E-state index in [0.717, 1.165) is 32.3 Å². The third-order valence-electron chi connectivity index (χ3n) is 3.71. The molecule has 0 saturated heterocycles. The minimum absolute atomic E-state index is 0.0355. The zero-order valence-electron chi connectivity index (χ0n) is 11.9. The standard InChI is InChI=1S/C15H17ClN4S/c1-9-8-21-15(14(9)16)11(19-17)7-13-18-10-5-3-4-6-12(10)20(13)2/h3-6,8,11,19H,7,17H2,1-2H3. The highest BCUT2D eigenvalue weighted by molar-refractivity contribution is 7.10. The molecule has 0 saturated carbocycles. The number of aryl methyl sites for hydroxylation is 2. The Labute approximate surface area is 132 Å². The second-order valence-corrected chi connectivity index (χ2v) is 6.39. The molecule has 3 N–H and O–H groups in total. The van der Waals surface area contributed by atoms with E-state index in [0.29, 0.717) is 6.42 Å². The van der Waals surface area contributed by atoms with Crippen molar-refractivity contribution in [3.8, 4) is 0 Å². The fraction of sp³-hybridized carbons (Fsp3) is 0.267. The third kappa shape index (κ3) is 2.58. The molecule has 1 atom stereocenters. The van der Waals surface area contributed by atoms with Crippen LogP contribution in [0.5, 0.6) is 0 Å². The van der Waals surface area contributed by atoms with E-state index in [4.69, 9.17) is 22.4 Å². The van der Waals surface area contributed by atoms with Gasteiger partial charge in [0.25, 0.3) is 0 Å². The number of aromatic nitrogens is 2. The predicted molar refractivity (Wildman–Crippen MR) is 88.5 cm³/mol. The first-order valence-electron chi connectivity index (χ1n) is 6.71. The smallest absolute Gasteiger partial charge is 0.111 e. The molecular formula is C15H17ClN4S. The zero-order chi connectivity index (χ0) is 15.0. The number of fused-ring (bicyclic) bond motifs is 1. The highest BCUT2D eigenvalue weighted by atomic mass is 35.5. The van der Waals surface area contributed by atoms with E-state index in [1.165, 1.54) is 0 Å². The van der Waals surface area contributed by atoms with Gasteiger partial charge in [-0.25, -0.2) is 4.98 Å². The van der Waals surface area contributed by atoms with Crippen LogP contribution in [0.1, 0.15) is 22.3 Å². The summed E-state index contributed by atoms with van der Waals surface area (Å²) in [6, 6.07) is 8.07. The van der Waals surface area contributed by atoms with Crippen molar-refractivity contribution in [2.24, 2.45) is 12.9 Å². The number of benzene rings is 1. The zero-order valence-corrected chi connectivity index (χ0v) is 13.5. The number of nitrogens with two attached hydrogens (primary N) is 1. The van der Waals surface area contributed by atoms with Gasteiger partial charge in [0.1, 0.15) is 5.82 Å². The molecule has 0 amide bonds. The Bertz CT molecular complexity index is 777. The number of rotatable bonds is 4. The fourth-order valence-electron chi connectivity index (χ4n) is 2.47. The Hall–Kier alpha value is -1.40. The number of thiophene rings is 1. The Kier molecular flexibility index (Phi) is 3.99. The lowest BCUT2D eigenvalue weighted by molar-refractivity contribution is 0.539. The van der Waals surface area contributed by atoms with Gasteiger partial charge in [-0.05, 0) is 30.0 Å². The van der Waals surface area contributed by atoms with Crippen LogP contribution >= 0.6 is 22.9 Å². The van der Waals surface area contributed by atoms with Crippen LogP contribution in [0.15, 0.2) is 29.6 Å². The Morgan fingerprint density at radius 3 is 2.81 bits per heavy atom. The van der Waals surface area contributed by atoms with Crippen molar-refractivity contribution in [2.75, 3.05) is 0 Å². The summed E-state index contributed by atoms with van der Waals surface area (Å²) in [6.45, 7) is 2.00. The molecule has 0 aliphatic heterocycles. The SMILES string of the molecule is Cc1csc(C(Cc2nc3ccccc3n2C)NN)c1Cl. The van der Waals surface area contributed by atoms with Gasteiger partial charge >= 0.3 is 0 Å². The summed E-state index contributed by atoms with van der Waals surface area (Å²) < 4.78 is 2.11. The minimum Gasteiger partial charge on any atom is -0.331 e. The van der Waals surface area contributed by atoms with Crippen molar-refractivity contribution in [3.05, 3.63) is 50.9 Å². The Morgan fingerprint density at radius 1 is 1.43 bits per heavy atom. The molecule has 4 nitrogen and oxygen atoms in total. The normalized spacial score (nSPS) is 13.0. The first-order chi connectivity index (χ1) is 10.1. The first kappa shape index (κ1) is 14.5. The molecule has 2 heterocycles. The molecule has 0 aliphatic rings. The van der Waals surface area contributed by atoms with Crippen molar-refractivity contribution in [3.63, 3.8) is 0 Å². The lowest BCUT2D eigenvalue weighted by Crippen LogP contribution is -2.30. The largest absolute Gasteiger partial charge is 0.331 e. The van der Waals surface area contributed by atoms with Gasteiger partial charge in [-0.2, -0.15) is 0 Å². The average Bonchev–Trinajstić information content (AvgIpc) is 2.99. The fourth-order valence-corrected chi connectivity index (χ4v) is 3.86. The molecule has 0 aliphatic carbocycles. The van der Waals surface area contributed by atoms with E-state index in [-0.39, 0.29) is 6.04 Å². The molecule has 0 spiro atoms. The van der Waals surface area contributed by atoms with Crippen LogP contribution in [0.3, 0.4) is 0 Å². The summed E-state index contributed by atoms with van der Waals surface area (Å²) in [5.74, 6) is 6.72. The highest BCUT2D eigenvalue weighted by Gasteiger charge is 2.20. The van der Waals surface area contributed by atoms with Gasteiger partial charge in [-0.15, -0.1) is 11.3 Å². The second-order valence-electron chi connectivity index (χ2n) is 5.10. The number of para-hydroxylation sites is 2. The van der Waals surface area contributed by atoms with Crippen molar-refractivity contribution < 1.29 is 0 Å². The van der Waals surface area contributed by atoms with Crippen LogP contribution in [0.25, 0.3) is 11.0 Å². The van der Waals surface area contributed by atoms with Gasteiger partial charge in [0.15, 0.2) is 0 Å². The topological polar surface area (TPSA) is 55.9 Å². The molecular weight excluding hydrogens is 304 g/mol. The molecule has 2 aromatic heterocycles. The number of hydrazine groups is 1. The van der Waals surface area contributed by atoms with Gasteiger partial charge in [0.05, 0.1) is 22.1 Å². The molecule has 3 rings (SSSR count). The predicted octanol–water partition coefficient (Wildman–Crippen LogP) is 3.34. The van der Waals surface area contributed by atoms with Crippen LogP contribution in [0.4, 0.5) is 0 Å². The molecule has 21 heavy (non-hydrogen) atoms. The van der Waals surface area contributed by atoms with E-state index in [1.54, 1.807) is 11.3 Å². The first-order valence-corrected chi connectivity index (χ1v) is 7.97. The number of nitrogens with zero attached hydrogens (tertiary/aromatic N) is 2. The molecule has 0 fully saturated rings. The molecule has 3 aromatic rings. The number of hydrogen-bond acceptors (Lipinski definition) is 4. The molecule has 1 unspecified atom stereocenters. The van der Waals surface area contributed by atoms with E-state index >= 15 is 0 Å². The number of hydrogen-bond donors (Lipinski definition) is 2. The van der Waals surface area contributed by atoms with Crippen molar-refractivity contribution in [1.29, 1.82) is 0 Å². The summed E-state index contributed by atoms with van der Waals surface area (Å²) in [6.07, 6.45) is 0.696. The van der Waals surface area contributed by atoms with Crippen LogP contribution in [0, 0.1) is 6.92 Å². The quantitative estimate of drug-likeness (QED) is 0.572. The summed E-state index contributed by atoms with van der Waals surface area (Å²) >= 11 is 7.98. The maximum Gasteiger partial charge on any atom is 0.111 e. The van der Waals surface area contributed by atoms with Gasteiger partial charge in [-0.1, -0.05) is 23.7 Å². The van der Waals surface area contributed by atoms with Crippen LogP contribution in [-0.2, 0) is 13.5 Å². The number of imidazole rings is 1. The minimum atomic E-state index is -0.0355. The van der Waals surface area contributed by atoms with Gasteiger partial charge < -0.3 is 4.57 Å². The molecule has 0 bridgehead atoms. The molecule has 110 valence electrons. The van der Waals surface area contributed by atoms with Crippen LogP contribution in [-0.4, -0.2) is 9.55 Å². The summed E-state index contributed by atoms with van der Waals surface area (Å²) in [7, 11) is 2.03. The second kappa shape index (κ2) is 5.77. The van der Waals surface area contributed by atoms with Crippen molar-refractivity contribution >= 4 is 34.0 Å². The van der Waals surface area contributed by atoms with Gasteiger partial charge in [-0.3, -0.25) is 11.3 Å². The highest BCUT2D eigenvalue weighted by Crippen LogP contribution is 2.33. The Balaban J connectivity index is 1.96. The van der Waals surface area contributed by atoms with Gasteiger partial charge in [0.2, 0.25) is 0 Å². The number of nitrogens with one attached hydrogen (secondary N) is 1. The third-order valence-corrected chi connectivity index (χ3v) is 5.54. The Morgan fingerprint density at radius 2 is 2.19 bits per heavy atom. The van der Waals surface area contributed by atoms with Crippen LogP contribution in [0.2, 0.25) is 5.02 Å². The van der Waals surface area contributed by atoms with E-state index in [2.05, 4.69) is 21.4 Å². The summed E-state index contributed by atoms with van der Waals surface area (Å²) in [5, 5.41) is 2.85. The van der Waals surface area contributed by atoms with E-state index in [1.807, 2.05) is 32.2 Å². The van der Waals surface area contributed by atoms with Crippen molar-refractivity contribution in [1.82, 2.24) is 15.0 Å².